The molecule has 0 saturated heterocycles. The number of rotatable bonds is 5. The van der Waals surface area contributed by atoms with Gasteiger partial charge in [-0.25, -0.2) is 9.59 Å². The van der Waals surface area contributed by atoms with Gasteiger partial charge in [0.25, 0.3) is 0 Å². The minimum atomic E-state index is -2.03. The molecule has 1 aromatic carbocycles. The quantitative estimate of drug-likeness (QED) is 0.522. The Balaban J connectivity index is 2.41. The largest absolute Gasteiger partial charge is 0.469 e. The fraction of sp³-hybridized carbons (Fsp3) is 0.300. The van der Waals surface area contributed by atoms with Gasteiger partial charge < -0.3 is 30.0 Å². The van der Waals surface area contributed by atoms with E-state index in [-0.39, 0.29) is 29.1 Å². The van der Waals surface area contributed by atoms with Crippen molar-refractivity contribution < 1.29 is 38.1 Å². The third kappa shape index (κ3) is 2.97. The molecular formula is C20H20N2O8. The first-order chi connectivity index (χ1) is 14.3. The molecule has 3 rings (SSSR count). The summed E-state index contributed by atoms with van der Waals surface area (Å²) in [6.45, 7) is 1.56. The average molecular weight is 416 g/mol. The summed E-state index contributed by atoms with van der Waals surface area (Å²) >= 11 is 0. The molecular weight excluding hydrogens is 396 g/mol. The number of esters is 3. The second-order valence-electron chi connectivity index (χ2n) is 6.35. The normalized spacial score (nSPS) is 19.8. The number of carbonyl (C=O) groups excluding carboxylic acids is 4. The Morgan fingerprint density at radius 2 is 1.80 bits per heavy atom. The zero-order valence-electron chi connectivity index (χ0n) is 16.6. The molecule has 0 aliphatic carbocycles. The number of fused-ring (bicyclic) bond motifs is 2. The van der Waals surface area contributed by atoms with Crippen LogP contribution >= 0.6 is 0 Å². The second kappa shape index (κ2) is 7.90. The van der Waals surface area contributed by atoms with Crippen molar-refractivity contribution in [2.75, 3.05) is 26.1 Å². The Kier molecular flexibility index (Phi) is 5.50. The molecule has 0 aromatic heterocycles. The molecule has 10 nitrogen and oxygen atoms in total. The van der Waals surface area contributed by atoms with Crippen LogP contribution in [0.1, 0.15) is 18.9 Å². The predicted molar refractivity (Wildman–Crippen MR) is 101 cm³/mol. The number of carbonyl (C=O) groups is 4. The van der Waals surface area contributed by atoms with Gasteiger partial charge in [-0.2, -0.15) is 0 Å². The van der Waals surface area contributed by atoms with Crippen LogP contribution in [0.25, 0.3) is 0 Å². The minimum Gasteiger partial charge on any atom is -0.469 e. The van der Waals surface area contributed by atoms with E-state index in [1.54, 1.807) is 31.2 Å². The lowest BCUT2D eigenvalue weighted by molar-refractivity contribution is -0.142. The van der Waals surface area contributed by atoms with Gasteiger partial charge in [0.2, 0.25) is 11.8 Å². The lowest BCUT2D eigenvalue weighted by Crippen LogP contribution is -2.48. The molecule has 1 atom stereocenters. The van der Waals surface area contributed by atoms with Crippen LogP contribution < -0.4 is 11.1 Å². The molecule has 1 aromatic rings. The highest BCUT2D eigenvalue weighted by atomic mass is 16.5. The van der Waals surface area contributed by atoms with Crippen LogP contribution in [0.4, 0.5) is 5.69 Å². The Morgan fingerprint density at radius 1 is 1.10 bits per heavy atom. The summed E-state index contributed by atoms with van der Waals surface area (Å²) in [6.07, 6.45) is -0.519. The number of amides is 1. The third-order valence-electron chi connectivity index (χ3n) is 4.83. The Hall–Kier alpha value is -3.82. The van der Waals surface area contributed by atoms with Gasteiger partial charge in [0.1, 0.15) is 28.7 Å². The number of hydrogen-bond donors (Lipinski definition) is 2. The Bertz CT molecular complexity index is 1010. The van der Waals surface area contributed by atoms with Crippen molar-refractivity contribution in [1.82, 2.24) is 0 Å². The van der Waals surface area contributed by atoms with E-state index in [2.05, 4.69) is 10.1 Å². The topological polar surface area (TPSA) is 143 Å². The van der Waals surface area contributed by atoms with Crippen molar-refractivity contribution in [2.24, 2.45) is 5.73 Å². The number of nitrogens with two attached hydrogens (primary N) is 1. The van der Waals surface area contributed by atoms with Gasteiger partial charge in [-0.15, -0.1) is 0 Å². The van der Waals surface area contributed by atoms with Crippen molar-refractivity contribution in [3.05, 3.63) is 52.6 Å². The smallest absolute Gasteiger partial charge is 0.341 e. The molecule has 2 aliphatic rings. The summed E-state index contributed by atoms with van der Waals surface area (Å²) < 4.78 is 20.1. The van der Waals surface area contributed by atoms with Gasteiger partial charge in [-0.3, -0.25) is 9.59 Å². The van der Waals surface area contributed by atoms with E-state index in [1.165, 1.54) is 0 Å². The van der Waals surface area contributed by atoms with E-state index < -0.39 is 41.5 Å². The van der Waals surface area contributed by atoms with Crippen molar-refractivity contribution in [3.63, 3.8) is 0 Å². The number of para-hydroxylation sites is 1. The molecule has 2 aliphatic heterocycles. The zero-order chi connectivity index (χ0) is 22.1. The van der Waals surface area contributed by atoms with Crippen molar-refractivity contribution in [1.29, 1.82) is 0 Å². The maximum Gasteiger partial charge on any atom is 0.341 e. The van der Waals surface area contributed by atoms with Crippen LogP contribution in [0.15, 0.2) is 47.1 Å². The van der Waals surface area contributed by atoms with Crippen LogP contribution in [0.2, 0.25) is 0 Å². The molecule has 0 unspecified atom stereocenters. The monoisotopic (exact) mass is 416 g/mol. The second-order valence-corrected chi connectivity index (χ2v) is 6.35. The van der Waals surface area contributed by atoms with E-state index in [0.29, 0.717) is 5.69 Å². The number of anilines is 1. The number of hydrogen-bond acceptors (Lipinski definition) is 9. The van der Waals surface area contributed by atoms with Gasteiger partial charge in [0.15, 0.2) is 0 Å². The molecule has 30 heavy (non-hydrogen) atoms. The summed E-state index contributed by atoms with van der Waals surface area (Å²) in [5.74, 6) is -4.13. The molecule has 10 heteroatoms. The highest BCUT2D eigenvalue weighted by Gasteiger charge is 2.62. The lowest BCUT2D eigenvalue weighted by Gasteiger charge is -2.35. The highest BCUT2D eigenvalue weighted by Crippen LogP contribution is 2.52. The van der Waals surface area contributed by atoms with Crippen LogP contribution in [-0.2, 0) is 43.5 Å². The first kappa shape index (κ1) is 20.9. The molecule has 0 fully saturated rings. The number of methoxy groups -OCH3 is 2. The SMILES string of the molecule is CCOC(=O)C1=C(N)OC(CC(=O)OC)=C(C(=O)OC)[C@]12C(=O)Nc1ccccc12. The molecule has 0 bridgehead atoms. The van der Waals surface area contributed by atoms with E-state index in [4.69, 9.17) is 19.9 Å². The summed E-state index contributed by atoms with van der Waals surface area (Å²) in [5, 5.41) is 2.65. The molecule has 3 N–H and O–H groups in total. The minimum absolute atomic E-state index is 0.0126. The van der Waals surface area contributed by atoms with E-state index in [0.717, 1.165) is 14.2 Å². The van der Waals surface area contributed by atoms with E-state index in [1.807, 2.05) is 0 Å². The summed E-state index contributed by atoms with van der Waals surface area (Å²) in [6, 6.07) is 6.46. The molecule has 1 amide bonds. The van der Waals surface area contributed by atoms with Gasteiger partial charge in [0, 0.05) is 11.3 Å². The average Bonchev–Trinajstić information content (AvgIpc) is 2.99. The maximum absolute atomic E-state index is 13.4. The highest BCUT2D eigenvalue weighted by molar-refractivity contribution is 6.21. The maximum atomic E-state index is 13.4. The number of nitrogens with one attached hydrogen (secondary N) is 1. The van der Waals surface area contributed by atoms with Crippen molar-refractivity contribution >= 4 is 29.5 Å². The zero-order valence-corrected chi connectivity index (χ0v) is 16.6. The van der Waals surface area contributed by atoms with Crippen LogP contribution in [0.5, 0.6) is 0 Å². The number of benzene rings is 1. The fourth-order valence-corrected chi connectivity index (χ4v) is 3.66. The first-order valence-corrected chi connectivity index (χ1v) is 8.97. The van der Waals surface area contributed by atoms with Crippen molar-refractivity contribution in [2.45, 2.75) is 18.8 Å². The summed E-state index contributed by atoms with van der Waals surface area (Å²) in [7, 11) is 2.25. The Labute approximate surface area is 171 Å². The van der Waals surface area contributed by atoms with Crippen LogP contribution in [0, 0.1) is 0 Å². The Morgan fingerprint density at radius 3 is 2.43 bits per heavy atom. The lowest BCUT2D eigenvalue weighted by atomic mass is 9.67. The molecule has 0 saturated carbocycles. The third-order valence-corrected chi connectivity index (χ3v) is 4.83. The summed E-state index contributed by atoms with van der Waals surface area (Å²) in [5.41, 5.74) is 3.91. The van der Waals surface area contributed by atoms with Crippen LogP contribution in [-0.4, -0.2) is 44.6 Å². The number of ether oxygens (including phenoxy) is 4. The molecule has 1 spiro atoms. The molecule has 2 heterocycles. The molecule has 0 radical (unpaired) electrons. The van der Waals surface area contributed by atoms with Crippen molar-refractivity contribution in [3.8, 4) is 0 Å². The molecule has 158 valence electrons. The van der Waals surface area contributed by atoms with Gasteiger partial charge in [0.05, 0.1) is 20.8 Å². The van der Waals surface area contributed by atoms with Gasteiger partial charge in [-0.1, -0.05) is 18.2 Å². The fourth-order valence-electron chi connectivity index (χ4n) is 3.66. The van der Waals surface area contributed by atoms with Crippen LogP contribution in [0.3, 0.4) is 0 Å². The van der Waals surface area contributed by atoms with E-state index >= 15 is 0 Å². The van der Waals surface area contributed by atoms with E-state index in [9.17, 15) is 19.2 Å². The predicted octanol–water partition coefficient (Wildman–Crippen LogP) is 0.630. The first-order valence-electron chi connectivity index (χ1n) is 8.97. The van der Waals surface area contributed by atoms with Gasteiger partial charge in [-0.05, 0) is 13.0 Å². The summed E-state index contributed by atoms with van der Waals surface area (Å²) in [4.78, 5) is 51.1. The van der Waals surface area contributed by atoms with Gasteiger partial charge >= 0.3 is 17.9 Å². The standard InChI is InChI=1S/C20H20N2O8/c1-4-29-18(25)15-16(21)30-12(9-13(23)27-2)14(17(24)28-3)20(15)10-7-5-6-8-11(10)22-19(20)26/h5-8H,4,9,21H2,1-3H3,(H,22,26)/t20-/m0/s1.